The Balaban J connectivity index is 2.78. The number of morpholine rings is 1. The lowest BCUT2D eigenvalue weighted by Crippen LogP contribution is -2.60. The number of rotatable bonds is 5. The highest BCUT2D eigenvalue weighted by Gasteiger charge is 2.35. The van der Waals surface area contributed by atoms with Crippen LogP contribution in [0.4, 0.5) is 0 Å². The molecule has 1 fully saturated rings. The molecule has 0 bridgehead atoms. The summed E-state index contributed by atoms with van der Waals surface area (Å²) in [5.74, 6) is -0.494. The molecule has 6 nitrogen and oxygen atoms in total. The van der Waals surface area contributed by atoms with Crippen molar-refractivity contribution in [3.8, 4) is 0 Å². The van der Waals surface area contributed by atoms with Gasteiger partial charge in [-0.1, -0.05) is 6.92 Å². The summed E-state index contributed by atoms with van der Waals surface area (Å²) in [7, 11) is 0. The van der Waals surface area contributed by atoms with Gasteiger partial charge in [0.1, 0.15) is 6.04 Å². The van der Waals surface area contributed by atoms with E-state index in [1.165, 1.54) is 0 Å². The second kappa shape index (κ2) is 6.70. The van der Waals surface area contributed by atoms with Crippen LogP contribution in [0.1, 0.15) is 27.2 Å². The average molecular weight is 257 g/mol. The van der Waals surface area contributed by atoms with Gasteiger partial charge < -0.3 is 15.8 Å². The van der Waals surface area contributed by atoms with Crippen LogP contribution in [-0.4, -0.2) is 54.6 Å². The number of carbonyl (C=O) groups excluding carboxylic acids is 2. The number of nitrogens with zero attached hydrogens (tertiary/aromatic N) is 1. The third kappa shape index (κ3) is 3.68. The van der Waals surface area contributed by atoms with Crippen molar-refractivity contribution in [2.75, 3.05) is 19.8 Å². The Hall–Kier alpha value is -1.14. The van der Waals surface area contributed by atoms with Crippen LogP contribution in [-0.2, 0) is 14.3 Å². The van der Waals surface area contributed by atoms with Crippen LogP contribution in [0, 0.1) is 0 Å². The molecule has 0 aromatic carbocycles. The average Bonchev–Trinajstić information content (AvgIpc) is 2.29. The third-order valence-corrected chi connectivity index (χ3v) is 3.02. The van der Waals surface area contributed by atoms with E-state index in [2.05, 4.69) is 5.32 Å². The van der Waals surface area contributed by atoms with Crippen LogP contribution in [0.25, 0.3) is 0 Å². The monoisotopic (exact) mass is 257 g/mol. The lowest BCUT2D eigenvalue weighted by molar-refractivity contribution is -0.139. The molecular formula is C12H23N3O3. The Morgan fingerprint density at radius 3 is 2.67 bits per heavy atom. The number of hydrogen-bond donors (Lipinski definition) is 2. The molecule has 6 heteroatoms. The van der Waals surface area contributed by atoms with Gasteiger partial charge in [-0.2, -0.15) is 0 Å². The molecule has 0 aromatic rings. The van der Waals surface area contributed by atoms with Crippen molar-refractivity contribution >= 4 is 11.8 Å². The van der Waals surface area contributed by atoms with Gasteiger partial charge in [-0.3, -0.25) is 14.5 Å². The maximum absolute atomic E-state index is 12.1. The Kier molecular flexibility index (Phi) is 5.55. The molecule has 0 spiro atoms. The molecule has 0 saturated carbocycles. The molecule has 2 atom stereocenters. The molecule has 0 radical (unpaired) electrons. The molecule has 1 aliphatic heterocycles. The number of carbonyl (C=O) groups is 2. The number of amides is 2. The third-order valence-electron chi connectivity index (χ3n) is 3.02. The molecule has 1 aliphatic rings. The zero-order chi connectivity index (χ0) is 13.7. The molecule has 0 aliphatic carbocycles. The number of nitrogens with two attached hydrogens (primary N) is 1. The molecule has 2 unspecified atom stereocenters. The van der Waals surface area contributed by atoms with Crippen LogP contribution in [0.15, 0.2) is 0 Å². The van der Waals surface area contributed by atoms with Gasteiger partial charge in [0.25, 0.3) is 0 Å². The van der Waals surface area contributed by atoms with Crippen molar-refractivity contribution in [2.45, 2.75) is 45.3 Å². The van der Waals surface area contributed by atoms with E-state index in [1.807, 2.05) is 25.7 Å². The first-order valence-electron chi connectivity index (χ1n) is 6.40. The van der Waals surface area contributed by atoms with E-state index in [0.29, 0.717) is 26.2 Å². The Morgan fingerprint density at radius 2 is 2.17 bits per heavy atom. The zero-order valence-corrected chi connectivity index (χ0v) is 11.3. The molecule has 1 heterocycles. The summed E-state index contributed by atoms with van der Waals surface area (Å²) in [6.45, 7) is 7.08. The minimum absolute atomic E-state index is 0.0648. The van der Waals surface area contributed by atoms with Crippen molar-refractivity contribution in [3.63, 3.8) is 0 Å². The summed E-state index contributed by atoms with van der Waals surface area (Å²) in [5, 5.41) is 2.85. The Morgan fingerprint density at radius 1 is 1.50 bits per heavy atom. The highest BCUT2D eigenvalue weighted by molar-refractivity contribution is 5.85. The van der Waals surface area contributed by atoms with Crippen LogP contribution in [0.5, 0.6) is 0 Å². The molecular weight excluding hydrogens is 234 g/mol. The first kappa shape index (κ1) is 14.9. The molecule has 1 saturated heterocycles. The maximum Gasteiger partial charge on any atom is 0.239 e. The van der Waals surface area contributed by atoms with Crippen molar-refractivity contribution in [2.24, 2.45) is 5.73 Å². The Labute approximate surface area is 108 Å². The largest absolute Gasteiger partial charge is 0.378 e. The van der Waals surface area contributed by atoms with Crippen molar-refractivity contribution < 1.29 is 14.3 Å². The Bertz CT molecular complexity index is 307. The second-order valence-corrected chi connectivity index (χ2v) is 4.82. The highest BCUT2D eigenvalue weighted by atomic mass is 16.5. The highest BCUT2D eigenvalue weighted by Crippen LogP contribution is 2.14. The van der Waals surface area contributed by atoms with E-state index in [1.54, 1.807) is 0 Å². The number of nitrogens with one attached hydrogen (secondary N) is 1. The molecule has 18 heavy (non-hydrogen) atoms. The fourth-order valence-corrected chi connectivity index (χ4v) is 2.20. The lowest BCUT2D eigenvalue weighted by atomic mass is 10.1. The van der Waals surface area contributed by atoms with Gasteiger partial charge in [0.15, 0.2) is 0 Å². The van der Waals surface area contributed by atoms with Crippen molar-refractivity contribution in [3.05, 3.63) is 0 Å². The summed E-state index contributed by atoms with van der Waals surface area (Å²) >= 11 is 0. The van der Waals surface area contributed by atoms with Crippen molar-refractivity contribution in [1.29, 1.82) is 0 Å². The quantitative estimate of drug-likeness (QED) is 0.694. The van der Waals surface area contributed by atoms with E-state index in [4.69, 9.17) is 10.5 Å². The summed E-state index contributed by atoms with van der Waals surface area (Å²) in [4.78, 5) is 25.4. The summed E-state index contributed by atoms with van der Waals surface area (Å²) in [6, 6.07) is -0.773. The number of primary amides is 1. The predicted octanol–water partition coefficient (Wildman–Crippen LogP) is -0.524. The van der Waals surface area contributed by atoms with Crippen LogP contribution in [0.2, 0.25) is 0 Å². The standard InChI is InChI=1S/C12H23N3O3/c1-4-9(11(13)16)15-5-6-18-7-10(15)12(17)14-8(2)3/h8-10H,4-7H2,1-3H3,(H2,13,16)(H,14,17). The normalized spacial score (nSPS) is 22.8. The SMILES string of the molecule is CCC(C(N)=O)N1CCOCC1C(=O)NC(C)C. The van der Waals surface area contributed by atoms with Gasteiger partial charge in [0.05, 0.1) is 19.3 Å². The first-order valence-corrected chi connectivity index (χ1v) is 6.40. The lowest BCUT2D eigenvalue weighted by Gasteiger charge is -2.38. The van der Waals surface area contributed by atoms with Gasteiger partial charge in [-0.05, 0) is 20.3 Å². The van der Waals surface area contributed by atoms with E-state index in [0.717, 1.165) is 0 Å². The van der Waals surface area contributed by atoms with E-state index < -0.39 is 12.1 Å². The molecule has 1 rings (SSSR count). The first-order chi connectivity index (χ1) is 8.47. The fourth-order valence-electron chi connectivity index (χ4n) is 2.20. The fraction of sp³-hybridized carbons (Fsp3) is 0.833. The summed E-state index contributed by atoms with van der Waals surface area (Å²) in [6.07, 6.45) is 0.598. The smallest absolute Gasteiger partial charge is 0.239 e. The summed E-state index contributed by atoms with van der Waals surface area (Å²) in [5.41, 5.74) is 5.39. The molecule has 0 aromatic heterocycles. The molecule has 104 valence electrons. The van der Waals surface area contributed by atoms with E-state index in [-0.39, 0.29) is 17.9 Å². The van der Waals surface area contributed by atoms with Crippen LogP contribution in [0.3, 0.4) is 0 Å². The van der Waals surface area contributed by atoms with Gasteiger partial charge >= 0.3 is 0 Å². The van der Waals surface area contributed by atoms with Crippen LogP contribution >= 0.6 is 0 Å². The minimum atomic E-state index is -0.432. The predicted molar refractivity (Wildman–Crippen MR) is 67.9 cm³/mol. The zero-order valence-electron chi connectivity index (χ0n) is 11.3. The number of ether oxygens (including phenoxy) is 1. The van der Waals surface area contributed by atoms with Gasteiger partial charge in [0, 0.05) is 12.6 Å². The number of hydrogen-bond acceptors (Lipinski definition) is 4. The molecule has 3 N–H and O–H groups in total. The maximum atomic E-state index is 12.1. The van der Waals surface area contributed by atoms with E-state index >= 15 is 0 Å². The summed E-state index contributed by atoms with van der Waals surface area (Å²) < 4.78 is 5.33. The minimum Gasteiger partial charge on any atom is -0.378 e. The van der Waals surface area contributed by atoms with E-state index in [9.17, 15) is 9.59 Å². The van der Waals surface area contributed by atoms with Gasteiger partial charge in [-0.25, -0.2) is 0 Å². The topological polar surface area (TPSA) is 84.7 Å². The van der Waals surface area contributed by atoms with Gasteiger partial charge in [0.2, 0.25) is 11.8 Å². The van der Waals surface area contributed by atoms with Gasteiger partial charge in [-0.15, -0.1) is 0 Å². The van der Waals surface area contributed by atoms with Crippen LogP contribution < -0.4 is 11.1 Å². The molecule has 2 amide bonds. The second-order valence-electron chi connectivity index (χ2n) is 4.82. The van der Waals surface area contributed by atoms with Crippen molar-refractivity contribution in [1.82, 2.24) is 10.2 Å².